The lowest BCUT2D eigenvalue weighted by atomic mass is 10.2. The van der Waals surface area contributed by atoms with Gasteiger partial charge in [-0.15, -0.1) is 0 Å². The van der Waals surface area contributed by atoms with E-state index in [0.29, 0.717) is 23.9 Å². The fourth-order valence-electron chi connectivity index (χ4n) is 2.80. The average molecular weight is 535 g/mol. The van der Waals surface area contributed by atoms with Crippen LogP contribution in [-0.2, 0) is 32.7 Å². The van der Waals surface area contributed by atoms with Crippen molar-refractivity contribution in [3.05, 3.63) is 24.3 Å². The topological polar surface area (TPSA) is 108 Å². The summed E-state index contributed by atoms with van der Waals surface area (Å²) in [5.74, 6) is -0.907. The Kier molecular flexibility index (Phi) is 19.7. The van der Waals surface area contributed by atoms with Crippen molar-refractivity contribution < 1.29 is 42.1 Å². The molecule has 0 saturated carbocycles. The first kappa shape index (κ1) is 34.5. The first-order valence-electron chi connectivity index (χ1n) is 13.1. The van der Waals surface area contributed by atoms with Gasteiger partial charge in [0.05, 0.1) is 27.7 Å². The largest absolute Gasteiger partial charge is 0.472 e. The fraction of sp³-hybridized carbons (Fsp3) is 0.769. The van der Waals surface area contributed by atoms with Crippen LogP contribution in [0.15, 0.2) is 24.3 Å². The van der Waals surface area contributed by atoms with Crippen LogP contribution in [0.2, 0.25) is 0 Å². The number of esters is 2. The number of nitrogens with zero attached hydrogens (tertiary/aromatic N) is 1. The molecule has 0 heterocycles. The second kappa shape index (κ2) is 20.5. The number of phosphoric acid groups is 1. The fourth-order valence-corrected chi connectivity index (χ4v) is 3.54. The van der Waals surface area contributed by atoms with Crippen molar-refractivity contribution in [2.75, 3.05) is 47.5 Å². The molecular formula is C26H49NO8P+. The Morgan fingerprint density at radius 1 is 0.833 bits per heavy atom. The van der Waals surface area contributed by atoms with Crippen LogP contribution in [0.3, 0.4) is 0 Å². The van der Waals surface area contributed by atoms with Crippen LogP contribution in [0.4, 0.5) is 0 Å². The van der Waals surface area contributed by atoms with Crippen molar-refractivity contribution >= 4 is 19.8 Å². The third kappa shape index (κ3) is 22.9. The SMILES string of the molecule is CCC/C=C\CCCC(=O)OC[C@H](COP(=O)(O)OCC[N+](C)(C)C)OC(=O)CCC/C=C\CCC. The Balaban J connectivity index is 4.70. The summed E-state index contributed by atoms with van der Waals surface area (Å²) in [6.45, 7) is 4.05. The molecule has 9 nitrogen and oxygen atoms in total. The predicted octanol–water partition coefficient (Wildman–Crippen LogP) is 5.33. The number of ether oxygens (including phenoxy) is 2. The van der Waals surface area contributed by atoms with E-state index in [1.807, 2.05) is 33.3 Å². The summed E-state index contributed by atoms with van der Waals surface area (Å²) in [6.07, 6.45) is 14.6. The number of carbonyl (C=O) groups excluding carboxylic acids is 2. The van der Waals surface area contributed by atoms with Gasteiger partial charge in [-0.3, -0.25) is 18.6 Å². The maximum absolute atomic E-state index is 12.3. The standard InChI is InChI=1S/C26H48NO8P/c1-6-8-10-12-14-16-18-25(28)32-22-24(35-26(29)19-17-15-13-11-9-7-2)23-34-36(30,31)33-21-20-27(3,4)5/h10-13,24H,6-9,14-23H2,1-5H3/p+1/b12-10-,13-11-/t24-/m1/s1. The Hall–Kier alpha value is -1.51. The van der Waals surface area contributed by atoms with Crippen LogP contribution in [0, 0.1) is 0 Å². The van der Waals surface area contributed by atoms with Crippen molar-refractivity contribution in [1.82, 2.24) is 0 Å². The van der Waals surface area contributed by atoms with E-state index in [9.17, 15) is 19.0 Å². The maximum atomic E-state index is 12.3. The number of carbonyl (C=O) groups is 2. The van der Waals surface area contributed by atoms with E-state index < -0.39 is 32.5 Å². The van der Waals surface area contributed by atoms with Crippen molar-refractivity contribution in [3.8, 4) is 0 Å². The van der Waals surface area contributed by atoms with Gasteiger partial charge in [-0.05, 0) is 38.5 Å². The summed E-state index contributed by atoms with van der Waals surface area (Å²) in [5, 5.41) is 0. The molecule has 10 heteroatoms. The number of quaternary nitrogens is 1. The lowest BCUT2D eigenvalue weighted by molar-refractivity contribution is -0.870. The van der Waals surface area contributed by atoms with Crippen LogP contribution in [0.1, 0.15) is 78.1 Å². The lowest BCUT2D eigenvalue weighted by Crippen LogP contribution is -2.37. The first-order chi connectivity index (χ1) is 17.0. The zero-order chi connectivity index (χ0) is 27.3. The van der Waals surface area contributed by atoms with E-state index in [1.165, 1.54) is 0 Å². The molecule has 0 aliphatic carbocycles. The molecule has 0 radical (unpaired) electrons. The van der Waals surface area contributed by atoms with E-state index in [2.05, 4.69) is 26.0 Å². The lowest BCUT2D eigenvalue weighted by Gasteiger charge is -2.24. The van der Waals surface area contributed by atoms with E-state index >= 15 is 0 Å². The van der Waals surface area contributed by atoms with Crippen molar-refractivity contribution in [3.63, 3.8) is 0 Å². The van der Waals surface area contributed by atoms with Gasteiger partial charge >= 0.3 is 19.8 Å². The number of rotatable bonds is 22. The summed E-state index contributed by atoms with van der Waals surface area (Å²) < 4.78 is 33.4. The van der Waals surface area contributed by atoms with Crippen molar-refractivity contribution in [2.45, 2.75) is 84.2 Å². The molecular weight excluding hydrogens is 485 g/mol. The molecule has 0 fully saturated rings. The number of hydrogen-bond donors (Lipinski definition) is 1. The number of unbranched alkanes of at least 4 members (excludes halogenated alkanes) is 4. The highest BCUT2D eigenvalue weighted by Gasteiger charge is 2.26. The Morgan fingerprint density at radius 2 is 1.36 bits per heavy atom. The van der Waals surface area contributed by atoms with Gasteiger partial charge in [-0.2, -0.15) is 0 Å². The first-order valence-corrected chi connectivity index (χ1v) is 14.6. The van der Waals surface area contributed by atoms with Gasteiger partial charge in [0, 0.05) is 12.8 Å². The summed E-state index contributed by atoms with van der Waals surface area (Å²) in [7, 11) is 1.43. The molecule has 0 aliphatic rings. The highest BCUT2D eigenvalue weighted by Crippen LogP contribution is 2.43. The van der Waals surface area contributed by atoms with Gasteiger partial charge < -0.3 is 18.9 Å². The van der Waals surface area contributed by atoms with Gasteiger partial charge in [0.25, 0.3) is 0 Å². The number of phosphoric ester groups is 1. The molecule has 2 atom stereocenters. The van der Waals surface area contributed by atoms with Crippen molar-refractivity contribution in [2.24, 2.45) is 0 Å². The van der Waals surface area contributed by atoms with E-state index in [0.717, 1.165) is 38.5 Å². The molecule has 0 aromatic heterocycles. The maximum Gasteiger partial charge on any atom is 0.472 e. The minimum atomic E-state index is -4.35. The molecule has 0 amide bonds. The van der Waals surface area contributed by atoms with Gasteiger partial charge in [0.2, 0.25) is 0 Å². The highest BCUT2D eigenvalue weighted by molar-refractivity contribution is 7.47. The van der Waals surface area contributed by atoms with Gasteiger partial charge in [0.1, 0.15) is 19.8 Å². The van der Waals surface area contributed by atoms with Crippen LogP contribution in [0.25, 0.3) is 0 Å². The minimum Gasteiger partial charge on any atom is -0.462 e. The number of likely N-dealkylation sites (N-methyl/N-ethyl adjacent to an activating group) is 1. The zero-order valence-corrected chi connectivity index (χ0v) is 23.9. The van der Waals surface area contributed by atoms with Gasteiger partial charge in [0.15, 0.2) is 6.10 Å². The third-order valence-electron chi connectivity index (χ3n) is 4.92. The normalized spacial score (nSPS) is 14.7. The second-order valence-corrected chi connectivity index (χ2v) is 11.2. The predicted molar refractivity (Wildman–Crippen MR) is 141 cm³/mol. The van der Waals surface area contributed by atoms with Crippen LogP contribution >= 0.6 is 7.82 Å². The Labute approximate surface area is 218 Å². The smallest absolute Gasteiger partial charge is 0.462 e. The summed E-state index contributed by atoms with van der Waals surface area (Å²) >= 11 is 0. The van der Waals surface area contributed by atoms with Crippen LogP contribution in [0.5, 0.6) is 0 Å². The Bertz CT molecular complexity index is 703. The molecule has 0 bridgehead atoms. The van der Waals surface area contributed by atoms with E-state index in [-0.39, 0.29) is 26.1 Å². The summed E-state index contributed by atoms with van der Waals surface area (Å²) in [4.78, 5) is 34.3. The van der Waals surface area contributed by atoms with Gasteiger partial charge in [-0.25, -0.2) is 4.57 Å². The molecule has 0 rings (SSSR count). The Morgan fingerprint density at radius 3 is 1.89 bits per heavy atom. The van der Waals surface area contributed by atoms with E-state index in [1.54, 1.807) is 0 Å². The molecule has 0 aromatic rings. The minimum absolute atomic E-state index is 0.0228. The highest BCUT2D eigenvalue weighted by atomic mass is 31.2. The zero-order valence-electron chi connectivity index (χ0n) is 23.0. The number of allylic oxidation sites excluding steroid dienone is 4. The molecule has 0 aromatic carbocycles. The monoisotopic (exact) mass is 534 g/mol. The van der Waals surface area contributed by atoms with Gasteiger partial charge in [-0.1, -0.05) is 51.0 Å². The second-order valence-electron chi connectivity index (χ2n) is 9.71. The molecule has 1 unspecified atom stereocenters. The molecule has 36 heavy (non-hydrogen) atoms. The quantitative estimate of drug-likeness (QED) is 0.0652. The molecule has 1 N–H and O–H groups in total. The molecule has 0 spiro atoms. The summed E-state index contributed by atoms with van der Waals surface area (Å²) in [6, 6.07) is 0. The average Bonchev–Trinajstić information content (AvgIpc) is 2.79. The molecule has 210 valence electrons. The summed E-state index contributed by atoms with van der Waals surface area (Å²) in [5.41, 5.74) is 0. The van der Waals surface area contributed by atoms with E-state index in [4.69, 9.17) is 18.5 Å². The molecule has 0 aliphatic heterocycles. The van der Waals surface area contributed by atoms with Crippen molar-refractivity contribution in [1.29, 1.82) is 0 Å². The molecule has 0 saturated heterocycles. The third-order valence-corrected chi connectivity index (χ3v) is 5.90. The van der Waals surface area contributed by atoms with Crippen LogP contribution in [-0.4, -0.2) is 74.9 Å². The number of hydrogen-bond acceptors (Lipinski definition) is 7. The van der Waals surface area contributed by atoms with Crippen LogP contribution < -0.4 is 0 Å².